The van der Waals surface area contributed by atoms with Crippen LogP contribution < -0.4 is 27.4 Å². The maximum absolute atomic E-state index is 13.3. The zero-order valence-electron chi connectivity index (χ0n) is 21.0. The number of H-pyrrole nitrogens is 1. The predicted octanol–water partition coefficient (Wildman–Crippen LogP) is -2.30. The molecule has 212 valence electrons. The third-order valence-electron chi connectivity index (χ3n) is 5.82. The summed E-state index contributed by atoms with van der Waals surface area (Å²) >= 11 is 0. The van der Waals surface area contributed by atoms with Crippen LogP contribution in [0.4, 0.5) is 0 Å². The Labute approximate surface area is 222 Å². The number of rotatable bonds is 15. The number of carboxylic acid groups (broad SMARTS) is 2. The largest absolute Gasteiger partial charge is 0.481 e. The van der Waals surface area contributed by atoms with Gasteiger partial charge in [-0.1, -0.05) is 18.2 Å². The van der Waals surface area contributed by atoms with Gasteiger partial charge in [-0.3, -0.25) is 24.0 Å². The fraction of sp³-hybridized carbons (Fsp3) is 0.417. The number of fused-ring (bicyclic) bond motifs is 1. The summed E-state index contributed by atoms with van der Waals surface area (Å²) in [6, 6.07) is 1.15. The number of nitrogens with one attached hydrogen (secondary N) is 4. The second-order valence-corrected chi connectivity index (χ2v) is 8.96. The molecule has 5 unspecified atom stereocenters. The summed E-state index contributed by atoms with van der Waals surface area (Å²) in [5.74, 6) is -6.57. The van der Waals surface area contributed by atoms with Crippen molar-refractivity contribution in [1.82, 2.24) is 20.9 Å². The van der Waals surface area contributed by atoms with Crippen LogP contribution in [-0.4, -0.2) is 86.1 Å². The SMILES string of the molecule is CC(O)C(NC(=O)C(CC(N)=O)NC(=O)C(Cc1c[nH]c2ccccc12)NC(=O)C(N)CCC(=O)O)C(=O)O. The molecular weight excluding hydrogens is 516 g/mol. The first-order chi connectivity index (χ1) is 18.3. The van der Waals surface area contributed by atoms with Gasteiger partial charge in [-0.2, -0.15) is 0 Å². The van der Waals surface area contributed by atoms with Crippen molar-refractivity contribution in [3.05, 3.63) is 36.0 Å². The van der Waals surface area contributed by atoms with Crippen molar-refractivity contribution in [2.75, 3.05) is 0 Å². The van der Waals surface area contributed by atoms with Crippen LogP contribution in [0.5, 0.6) is 0 Å². The summed E-state index contributed by atoms with van der Waals surface area (Å²) in [7, 11) is 0. The molecule has 5 atom stereocenters. The van der Waals surface area contributed by atoms with Gasteiger partial charge in [-0.15, -0.1) is 0 Å². The van der Waals surface area contributed by atoms with Crippen molar-refractivity contribution in [2.45, 2.75) is 62.9 Å². The highest BCUT2D eigenvalue weighted by molar-refractivity contribution is 5.96. The van der Waals surface area contributed by atoms with E-state index in [1.54, 1.807) is 30.5 Å². The van der Waals surface area contributed by atoms with Crippen LogP contribution in [0.1, 0.15) is 31.7 Å². The summed E-state index contributed by atoms with van der Waals surface area (Å²) in [5, 5.41) is 35.3. The number of nitrogens with two attached hydrogens (primary N) is 2. The number of benzene rings is 1. The maximum Gasteiger partial charge on any atom is 0.328 e. The van der Waals surface area contributed by atoms with Crippen LogP contribution in [0.25, 0.3) is 10.9 Å². The summed E-state index contributed by atoms with van der Waals surface area (Å²) in [6.07, 6.45) is -1.28. The zero-order valence-corrected chi connectivity index (χ0v) is 21.0. The number of aliphatic carboxylic acids is 2. The van der Waals surface area contributed by atoms with Crippen LogP contribution in [0.2, 0.25) is 0 Å². The van der Waals surface area contributed by atoms with E-state index < -0.39 is 72.3 Å². The van der Waals surface area contributed by atoms with Crippen LogP contribution in [0.3, 0.4) is 0 Å². The molecule has 0 fully saturated rings. The molecule has 0 saturated carbocycles. The van der Waals surface area contributed by atoms with E-state index in [4.69, 9.17) is 16.6 Å². The number of hydrogen-bond donors (Lipinski definition) is 9. The molecule has 15 heteroatoms. The summed E-state index contributed by atoms with van der Waals surface area (Å²) in [6.45, 7) is 1.13. The highest BCUT2D eigenvalue weighted by Gasteiger charge is 2.33. The van der Waals surface area contributed by atoms with Gasteiger partial charge in [0.15, 0.2) is 6.04 Å². The molecule has 11 N–H and O–H groups in total. The quantitative estimate of drug-likeness (QED) is 0.115. The average Bonchev–Trinajstić information content (AvgIpc) is 3.26. The summed E-state index contributed by atoms with van der Waals surface area (Å²) < 4.78 is 0. The minimum absolute atomic E-state index is 0.0937. The number of aromatic nitrogens is 1. The molecule has 39 heavy (non-hydrogen) atoms. The summed E-state index contributed by atoms with van der Waals surface area (Å²) in [5.41, 5.74) is 12.4. The molecular formula is C24H32N6O9. The monoisotopic (exact) mass is 548 g/mol. The fourth-order valence-electron chi connectivity index (χ4n) is 3.74. The second-order valence-electron chi connectivity index (χ2n) is 8.96. The number of amides is 4. The highest BCUT2D eigenvalue weighted by atomic mass is 16.4. The number of carboxylic acids is 2. The predicted molar refractivity (Wildman–Crippen MR) is 136 cm³/mol. The van der Waals surface area contributed by atoms with Crippen molar-refractivity contribution in [3.63, 3.8) is 0 Å². The van der Waals surface area contributed by atoms with Crippen molar-refractivity contribution >= 4 is 46.5 Å². The molecule has 2 rings (SSSR count). The van der Waals surface area contributed by atoms with Crippen molar-refractivity contribution < 1.29 is 44.1 Å². The van der Waals surface area contributed by atoms with E-state index in [2.05, 4.69) is 15.6 Å². The lowest BCUT2D eigenvalue weighted by molar-refractivity contribution is -0.145. The van der Waals surface area contributed by atoms with Gasteiger partial charge in [-0.05, 0) is 25.0 Å². The molecule has 0 aliphatic rings. The smallest absolute Gasteiger partial charge is 0.328 e. The van der Waals surface area contributed by atoms with Crippen molar-refractivity contribution in [3.8, 4) is 0 Å². The normalized spacial score (nSPS) is 14.8. The number of hydrogen-bond acceptors (Lipinski definition) is 8. The molecule has 0 radical (unpaired) electrons. The van der Waals surface area contributed by atoms with E-state index in [9.17, 15) is 39.0 Å². The molecule has 0 spiro atoms. The van der Waals surface area contributed by atoms with Gasteiger partial charge in [0.25, 0.3) is 0 Å². The summed E-state index contributed by atoms with van der Waals surface area (Å²) in [4.78, 5) is 75.6. The van der Waals surface area contributed by atoms with Gasteiger partial charge in [0.05, 0.1) is 18.6 Å². The number of carbonyl (C=O) groups is 6. The highest BCUT2D eigenvalue weighted by Crippen LogP contribution is 2.19. The van der Waals surface area contributed by atoms with Crippen LogP contribution in [-0.2, 0) is 35.2 Å². The molecule has 0 aliphatic carbocycles. The van der Waals surface area contributed by atoms with E-state index in [1.165, 1.54) is 0 Å². The Bertz CT molecular complexity index is 1230. The minimum atomic E-state index is -1.74. The third-order valence-corrected chi connectivity index (χ3v) is 5.82. The molecule has 2 aromatic rings. The van der Waals surface area contributed by atoms with Crippen LogP contribution in [0.15, 0.2) is 30.5 Å². The van der Waals surface area contributed by atoms with E-state index in [1.807, 2.05) is 5.32 Å². The van der Waals surface area contributed by atoms with Gasteiger partial charge in [0.1, 0.15) is 12.1 Å². The molecule has 15 nitrogen and oxygen atoms in total. The second kappa shape index (κ2) is 13.9. The van der Waals surface area contributed by atoms with Gasteiger partial charge in [0, 0.05) is 29.9 Å². The number of carbonyl (C=O) groups excluding carboxylic acids is 4. The first-order valence-corrected chi connectivity index (χ1v) is 11.9. The number of aliphatic hydroxyl groups is 1. The Morgan fingerprint density at radius 1 is 0.949 bits per heavy atom. The van der Waals surface area contributed by atoms with E-state index in [0.717, 1.165) is 17.8 Å². The van der Waals surface area contributed by atoms with E-state index in [0.29, 0.717) is 5.56 Å². The Balaban J connectivity index is 2.31. The van der Waals surface area contributed by atoms with Crippen molar-refractivity contribution in [1.29, 1.82) is 0 Å². The molecule has 4 amide bonds. The molecule has 1 aromatic heterocycles. The Kier molecular flexibility index (Phi) is 10.9. The van der Waals surface area contributed by atoms with Gasteiger partial charge >= 0.3 is 11.9 Å². The van der Waals surface area contributed by atoms with Crippen LogP contribution in [0, 0.1) is 0 Å². The van der Waals surface area contributed by atoms with Crippen LogP contribution >= 0.6 is 0 Å². The topological polar surface area (TPSA) is 267 Å². The van der Waals surface area contributed by atoms with Gasteiger partial charge < -0.3 is 47.7 Å². The number of para-hydroxylation sites is 1. The van der Waals surface area contributed by atoms with E-state index in [-0.39, 0.29) is 19.3 Å². The molecule has 1 heterocycles. The zero-order chi connectivity index (χ0) is 29.3. The van der Waals surface area contributed by atoms with Crippen molar-refractivity contribution in [2.24, 2.45) is 11.5 Å². The fourth-order valence-corrected chi connectivity index (χ4v) is 3.74. The third kappa shape index (κ3) is 9.08. The first kappa shape index (κ1) is 30.7. The minimum Gasteiger partial charge on any atom is -0.481 e. The number of aliphatic hydroxyl groups excluding tert-OH is 1. The molecule has 0 aliphatic heterocycles. The Hall–Kier alpha value is -4.50. The Morgan fingerprint density at radius 3 is 2.15 bits per heavy atom. The first-order valence-electron chi connectivity index (χ1n) is 11.9. The standard InChI is InChI=1S/C24H32N6O9/c1-11(31)20(24(38)39)30-23(37)17(9-18(26)32)29-22(36)16(28-21(35)14(25)6-7-19(33)34)8-12-10-27-15-5-3-2-4-13(12)15/h2-5,10-11,14,16-17,20,27,31H,6-9,25H2,1H3,(H2,26,32)(H,28,35)(H,29,36)(H,30,37)(H,33,34)(H,38,39). The molecule has 0 bridgehead atoms. The van der Waals surface area contributed by atoms with Gasteiger partial charge in [-0.25, -0.2) is 4.79 Å². The average molecular weight is 549 g/mol. The van der Waals surface area contributed by atoms with E-state index >= 15 is 0 Å². The number of primary amides is 1. The lowest BCUT2D eigenvalue weighted by Gasteiger charge is -2.25. The number of aromatic amines is 1. The lowest BCUT2D eigenvalue weighted by atomic mass is 10.0. The molecule has 0 saturated heterocycles. The maximum atomic E-state index is 13.3. The molecule has 1 aromatic carbocycles. The lowest BCUT2D eigenvalue weighted by Crippen LogP contribution is -2.59. The van der Waals surface area contributed by atoms with Gasteiger partial charge in [0.2, 0.25) is 23.6 Å². The Morgan fingerprint density at radius 2 is 1.56 bits per heavy atom.